The summed E-state index contributed by atoms with van der Waals surface area (Å²) in [5.41, 5.74) is 0. The number of ether oxygens (including phenoxy) is 1. The highest BCUT2D eigenvalue weighted by Gasteiger charge is 2.23. The standard InChI is InChI=1S/C47H94N2O3/c1-7-11-15-17-19-21-23-29-36-45(49(46(50)38-33-41-48(5)6)42-32-26-22-20-18-16-12-8-2)37-30-24-25-31-39-47(51)52-43-40-44(34-27-13-9-3)35-28-14-10-4/h44-45H,7-43H2,1-6H3. The van der Waals surface area contributed by atoms with Gasteiger partial charge in [-0.15, -0.1) is 0 Å². The third kappa shape index (κ3) is 33.5. The molecule has 0 fully saturated rings. The molecule has 0 saturated heterocycles. The van der Waals surface area contributed by atoms with Gasteiger partial charge < -0.3 is 14.5 Å². The number of rotatable bonds is 41. The normalized spacial score (nSPS) is 12.2. The summed E-state index contributed by atoms with van der Waals surface area (Å²) in [6.07, 6.45) is 41.1. The van der Waals surface area contributed by atoms with Crippen molar-refractivity contribution in [2.75, 3.05) is 33.8 Å². The van der Waals surface area contributed by atoms with Gasteiger partial charge in [-0.2, -0.15) is 0 Å². The first-order valence-corrected chi connectivity index (χ1v) is 23.5. The van der Waals surface area contributed by atoms with E-state index >= 15 is 0 Å². The Hall–Kier alpha value is -1.10. The summed E-state index contributed by atoms with van der Waals surface area (Å²) in [5.74, 6) is 1.09. The lowest BCUT2D eigenvalue weighted by molar-refractivity contribution is -0.144. The van der Waals surface area contributed by atoms with Crippen LogP contribution in [0.4, 0.5) is 0 Å². The number of unbranched alkanes of at least 4 members (excludes halogenated alkanes) is 21. The Morgan fingerprint density at radius 1 is 0.442 bits per heavy atom. The Bertz CT molecular complexity index is 747. The first-order valence-electron chi connectivity index (χ1n) is 23.5. The van der Waals surface area contributed by atoms with Crippen molar-refractivity contribution in [3.8, 4) is 0 Å². The molecule has 0 aliphatic carbocycles. The molecule has 0 saturated carbocycles. The van der Waals surface area contributed by atoms with E-state index in [0.29, 0.717) is 37.3 Å². The molecule has 0 aliphatic rings. The van der Waals surface area contributed by atoms with E-state index in [1.807, 2.05) is 0 Å². The molecule has 0 aromatic carbocycles. The third-order valence-corrected chi connectivity index (χ3v) is 11.3. The van der Waals surface area contributed by atoms with Gasteiger partial charge >= 0.3 is 5.97 Å². The summed E-state index contributed by atoms with van der Waals surface area (Å²) in [6.45, 7) is 11.6. The number of hydrogen-bond acceptors (Lipinski definition) is 4. The predicted molar refractivity (Wildman–Crippen MR) is 228 cm³/mol. The van der Waals surface area contributed by atoms with Crippen LogP contribution in [0.2, 0.25) is 0 Å². The van der Waals surface area contributed by atoms with Gasteiger partial charge in [-0.1, -0.05) is 195 Å². The number of amides is 1. The van der Waals surface area contributed by atoms with Gasteiger partial charge in [0.05, 0.1) is 6.61 Å². The zero-order valence-electron chi connectivity index (χ0n) is 36.4. The lowest BCUT2D eigenvalue weighted by Gasteiger charge is -2.33. The molecule has 0 aliphatic heterocycles. The monoisotopic (exact) mass is 735 g/mol. The highest BCUT2D eigenvalue weighted by atomic mass is 16.5. The molecule has 0 aromatic heterocycles. The Morgan fingerprint density at radius 3 is 1.37 bits per heavy atom. The number of nitrogens with zero attached hydrogens (tertiary/aromatic N) is 2. The van der Waals surface area contributed by atoms with Crippen LogP contribution in [-0.2, 0) is 14.3 Å². The number of hydrogen-bond donors (Lipinski definition) is 0. The van der Waals surface area contributed by atoms with Gasteiger partial charge in [0.2, 0.25) is 5.91 Å². The molecule has 310 valence electrons. The zero-order valence-corrected chi connectivity index (χ0v) is 36.4. The molecule has 0 radical (unpaired) electrons. The fourth-order valence-corrected chi connectivity index (χ4v) is 7.80. The lowest BCUT2D eigenvalue weighted by atomic mass is 9.92. The van der Waals surface area contributed by atoms with Gasteiger partial charge in [-0.25, -0.2) is 0 Å². The first kappa shape index (κ1) is 50.9. The molecule has 1 amide bonds. The minimum Gasteiger partial charge on any atom is -0.466 e. The van der Waals surface area contributed by atoms with Crippen LogP contribution in [0, 0.1) is 5.92 Å². The van der Waals surface area contributed by atoms with Gasteiger partial charge in [-0.05, 0) is 65.1 Å². The van der Waals surface area contributed by atoms with Crippen molar-refractivity contribution in [1.29, 1.82) is 0 Å². The largest absolute Gasteiger partial charge is 0.466 e. The SMILES string of the molecule is CCCCCCCCCCC(CCCCCCC(=O)OCCC(CCCCC)CCCCC)N(CCCCCCCCCC)C(=O)CCCN(C)C. The average Bonchev–Trinajstić information content (AvgIpc) is 3.12. The van der Waals surface area contributed by atoms with Crippen molar-refractivity contribution in [2.24, 2.45) is 5.92 Å². The molecule has 52 heavy (non-hydrogen) atoms. The van der Waals surface area contributed by atoms with E-state index in [-0.39, 0.29) is 5.97 Å². The predicted octanol–water partition coefficient (Wildman–Crippen LogP) is 14.2. The lowest BCUT2D eigenvalue weighted by Crippen LogP contribution is -2.41. The minimum atomic E-state index is -0.00621. The molecular formula is C47H94N2O3. The zero-order chi connectivity index (χ0) is 38.3. The average molecular weight is 735 g/mol. The molecular weight excluding hydrogens is 641 g/mol. The fourth-order valence-electron chi connectivity index (χ4n) is 7.80. The second-order valence-corrected chi connectivity index (χ2v) is 16.7. The van der Waals surface area contributed by atoms with E-state index in [1.54, 1.807) is 0 Å². The van der Waals surface area contributed by atoms with Crippen molar-refractivity contribution in [3.63, 3.8) is 0 Å². The maximum absolute atomic E-state index is 13.8. The second kappa shape index (κ2) is 39.6. The van der Waals surface area contributed by atoms with Crippen LogP contribution >= 0.6 is 0 Å². The molecule has 0 heterocycles. The van der Waals surface area contributed by atoms with Crippen LogP contribution in [0.25, 0.3) is 0 Å². The highest BCUT2D eigenvalue weighted by molar-refractivity contribution is 5.76. The van der Waals surface area contributed by atoms with Crippen LogP contribution in [0.3, 0.4) is 0 Å². The molecule has 1 unspecified atom stereocenters. The van der Waals surface area contributed by atoms with Crippen molar-refractivity contribution in [2.45, 2.75) is 252 Å². The summed E-state index contributed by atoms with van der Waals surface area (Å²) in [7, 11) is 4.21. The van der Waals surface area contributed by atoms with E-state index in [1.165, 1.54) is 148 Å². The molecule has 0 spiro atoms. The molecule has 5 nitrogen and oxygen atoms in total. The van der Waals surface area contributed by atoms with Gasteiger partial charge in [0.25, 0.3) is 0 Å². The quantitative estimate of drug-likeness (QED) is 0.0463. The fraction of sp³-hybridized carbons (Fsp3) is 0.957. The summed E-state index contributed by atoms with van der Waals surface area (Å²) in [4.78, 5) is 30.9. The topological polar surface area (TPSA) is 49.9 Å². The Morgan fingerprint density at radius 2 is 0.865 bits per heavy atom. The van der Waals surface area contributed by atoms with Crippen LogP contribution in [0.1, 0.15) is 246 Å². The van der Waals surface area contributed by atoms with E-state index in [9.17, 15) is 9.59 Å². The maximum Gasteiger partial charge on any atom is 0.305 e. The number of carbonyl (C=O) groups excluding carboxylic acids is 2. The Balaban J connectivity index is 4.96. The van der Waals surface area contributed by atoms with E-state index in [2.05, 4.69) is 51.6 Å². The first-order chi connectivity index (χ1) is 25.4. The number of carbonyl (C=O) groups is 2. The van der Waals surface area contributed by atoms with E-state index in [4.69, 9.17) is 4.74 Å². The summed E-state index contributed by atoms with van der Waals surface area (Å²) < 4.78 is 5.72. The second-order valence-electron chi connectivity index (χ2n) is 16.7. The van der Waals surface area contributed by atoms with Gasteiger partial charge in [-0.3, -0.25) is 9.59 Å². The van der Waals surface area contributed by atoms with Gasteiger partial charge in [0.15, 0.2) is 0 Å². The maximum atomic E-state index is 13.8. The van der Waals surface area contributed by atoms with Gasteiger partial charge in [0.1, 0.15) is 0 Å². The van der Waals surface area contributed by atoms with E-state index in [0.717, 1.165) is 70.9 Å². The molecule has 0 aromatic rings. The van der Waals surface area contributed by atoms with Crippen LogP contribution in [-0.4, -0.2) is 61.5 Å². The molecule has 0 N–H and O–H groups in total. The Kier molecular flexibility index (Phi) is 38.8. The van der Waals surface area contributed by atoms with E-state index < -0.39 is 0 Å². The molecule has 0 rings (SSSR count). The molecule has 5 heteroatoms. The van der Waals surface area contributed by atoms with Crippen molar-refractivity contribution >= 4 is 11.9 Å². The van der Waals surface area contributed by atoms with Crippen molar-refractivity contribution < 1.29 is 14.3 Å². The summed E-state index contributed by atoms with van der Waals surface area (Å²) >= 11 is 0. The van der Waals surface area contributed by atoms with Crippen molar-refractivity contribution in [3.05, 3.63) is 0 Å². The number of esters is 1. The van der Waals surface area contributed by atoms with Crippen LogP contribution < -0.4 is 0 Å². The van der Waals surface area contributed by atoms with Crippen molar-refractivity contribution in [1.82, 2.24) is 9.80 Å². The van der Waals surface area contributed by atoms with Crippen LogP contribution in [0.15, 0.2) is 0 Å². The van der Waals surface area contributed by atoms with Gasteiger partial charge in [0, 0.05) is 25.4 Å². The van der Waals surface area contributed by atoms with Crippen LogP contribution in [0.5, 0.6) is 0 Å². The third-order valence-electron chi connectivity index (χ3n) is 11.3. The Labute approximate surface area is 326 Å². The molecule has 0 bridgehead atoms. The smallest absolute Gasteiger partial charge is 0.305 e. The summed E-state index contributed by atoms with van der Waals surface area (Å²) in [5, 5.41) is 0. The summed E-state index contributed by atoms with van der Waals surface area (Å²) in [6, 6.07) is 0.365. The molecule has 1 atom stereocenters. The minimum absolute atomic E-state index is 0.00621. The highest BCUT2D eigenvalue weighted by Crippen LogP contribution is 2.23.